The fourth-order valence-corrected chi connectivity index (χ4v) is 3.95. The van der Waals surface area contributed by atoms with Crippen LogP contribution in [0, 0.1) is 0 Å². The molecule has 0 bridgehead atoms. The first kappa shape index (κ1) is 20.8. The van der Waals surface area contributed by atoms with E-state index in [9.17, 15) is 4.79 Å². The Balaban J connectivity index is 0.000000431. The Labute approximate surface area is 160 Å². The molecule has 1 unspecified atom stereocenters. The van der Waals surface area contributed by atoms with Crippen molar-refractivity contribution in [3.8, 4) is 0 Å². The standard InChI is InChI=1S/C16H16ClNO2S.H2O4S/c1-20-16(19)15(11-4-2-3-5-12(11)17)13-8-10-6-7-21-14(10)9-18-13;1-5(2,3)4/h2-7,13,15,18H,8-9H2,1H3;(H2,1,2,3,4)/t13-,15?;/m0./s1. The van der Waals surface area contributed by atoms with E-state index in [-0.39, 0.29) is 12.0 Å². The zero-order chi connectivity index (χ0) is 19.3. The number of ether oxygens (including phenoxy) is 1. The first-order chi connectivity index (χ1) is 12.2. The van der Waals surface area contributed by atoms with Gasteiger partial charge in [-0.15, -0.1) is 11.3 Å². The Kier molecular flexibility index (Phi) is 7.16. The number of carbonyl (C=O) groups excluding carboxylic acids is 1. The van der Waals surface area contributed by atoms with Crippen molar-refractivity contribution in [3.63, 3.8) is 0 Å². The predicted octanol–water partition coefficient (Wildman–Crippen LogP) is 2.72. The number of thiophene rings is 1. The zero-order valence-electron chi connectivity index (χ0n) is 13.8. The average molecular weight is 420 g/mol. The van der Waals surface area contributed by atoms with Gasteiger partial charge in [0, 0.05) is 22.5 Å². The van der Waals surface area contributed by atoms with Crippen molar-refractivity contribution >= 4 is 39.3 Å². The molecule has 1 aromatic carbocycles. The van der Waals surface area contributed by atoms with Gasteiger partial charge in [-0.1, -0.05) is 29.8 Å². The molecule has 10 heteroatoms. The maximum atomic E-state index is 12.3. The molecular formula is C16H18ClNO6S2. The molecule has 1 aliphatic heterocycles. The van der Waals surface area contributed by atoms with E-state index < -0.39 is 16.3 Å². The third kappa shape index (κ3) is 5.76. The molecule has 0 radical (unpaired) electrons. The normalized spacial score (nSPS) is 17.5. The lowest BCUT2D eigenvalue weighted by Gasteiger charge is -2.30. The summed E-state index contributed by atoms with van der Waals surface area (Å²) in [5, 5.41) is 6.15. The number of esters is 1. The second-order valence-corrected chi connectivity index (χ2v) is 7.83. The lowest BCUT2D eigenvalue weighted by atomic mass is 9.86. The first-order valence-corrected chi connectivity index (χ1v) is 10.2. The minimum absolute atomic E-state index is 0.000509. The predicted molar refractivity (Wildman–Crippen MR) is 99.0 cm³/mol. The Hall–Kier alpha value is -1.49. The van der Waals surface area contributed by atoms with Gasteiger partial charge in [0.2, 0.25) is 0 Å². The maximum Gasteiger partial charge on any atom is 0.394 e. The van der Waals surface area contributed by atoms with E-state index in [1.165, 1.54) is 17.6 Å². The van der Waals surface area contributed by atoms with Crippen molar-refractivity contribution < 1.29 is 27.1 Å². The second kappa shape index (κ2) is 8.94. The fraction of sp³-hybridized carbons (Fsp3) is 0.312. The Morgan fingerprint density at radius 2 is 2.00 bits per heavy atom. The third-order valence-corrected chi connectivity index (χ3v) is 5.21. The summed E-state index contributed by atoms with van der Waals surface area (Å²) in [4.78, 5) is 13.6. The summed E-state index contributed by atoms with van der Waals surface area (Å²) in [5.41, 5.74) is 2.13. The van der Waals surface area contributed by atoms with Crippen LogP contribution in [0.25, 0.3) is 0 Å². The van der Waals surface area contributed by atoms with Crippen molar-refractivity contribution in [1.29, 1.82) is 0 Å². The number of fused-ring (bicyclic) bond motifs is 1. The van der Waals surface area contributed by atoms with Crippen LogP contribution in [-0.4, -0.2) is 36.6 Å². The Bertz CT molecular complexity index is 859. The molecule has 0 spiro atoms. The molecule has 2 heterocycles. The maximum absolute atomic E-state index is 12.3. The number of hydrogen-bond acceptors (Lipinski definition) is 6. The van der Waals surface area contributed by atoms with Gasteiger partial charge in [-0.3, -0.25) is 13.9 Å². The van der Waals surface area contributed by atoms with Gasteiger partial charge in [0.25, 0.3) is 0 Å². The van der Waals surface area contributed by atoms with Crippen molar-refractivity contribution in [3.05, 3.63) is 56.7 Å². The van der Waals surface area contributed by atoms with E-state index in [4.69, 9.17) is 33.9 Å². The number of hydrogen-bond donors (Lipinski definition) is 3. The van der Waals surface area contributed by atoms with Crippen molar-refractivity contribution in [2.45, 2.75) is 24.9 Å². The van der Waals surface area contributed by atoms with Gasteiger partial charge < -0.3 is 10.1 Å². The molecule has 3 rings (SSSR count). The minimum atomic E-state index is -4.67. The number of carbonyl (C=O) groups is 1. The summed E-state index contributed by atoms with van der Waals surface area (Å²) in [6, 6.07) is 9.61. The van der Waals surface area contributed by atoms with Crippen LogP contribution in [0.4, 0.5) is 0 Å². The molecule has 1 aromatic heterocycles. The molecule has 3 N–H and O–H groups in total. The molecule has 0 aliphatic carbocycles. The number of nitrogens with one attached hydrogen (secondary N) is 1. The topological polar surface area (TPSA) is 113 Å². The highest BCUT2D eigenvalue weighted by atomic mass is 35.5. The highest BCUT2D eigenvalue weighted by molar-refractivity contribution is 7.79. The van der Waals surface area contributed by atoms with Crippen molar-refractivity contribution in [1.82, 2.24) is 5.32 Å². The van der Waals surface area contributed by atoms with E-state index >= 15 is 0 Å². The summed E-state index contributed by atoms with van der Waals surface area (Å²) in [5.74, 6) is -0.643. The number of rotatable bonds is 3. The van der Waals surface area contributed by atoms with Gasteiger partial charge in [0.05, 0.1) is 13.0 Å². The largest absolute Gasteiger partial charge is 0.469 e. The van der Waals surface area contributed by atoms with Crippen LogP contribution >= 0.6 is 22.9 Å². The first-order valence-electron chi connectivity index (χ1n) is 7.51. The smallest absolute Gasteiger partial charge is 0.394 e. The molecule has 0 saturated heterocycles. The van der Waals surface area contributed by atoms with Crippen molar-refractivity contribution in [2.24, 2.45) is 0 Å². The monoisotopic (exact) mass is 419 g/mol. The summed E-state index contributed by atoms with van der Waals surface area (Å²) in [7, 11) is -3.25. The quantitative estimate of drug-likeness (QED) is 0.517. The second-order valence-electron chi connectivity index (χ2n) is 5.53. The van der Waals surface area contributed by atoms with Crippen LogP contribution < -0.4 is 5.32 Å². The van der Waals surface area contributed by atoms with Gasteiger partial charge in [0.1, 0.15) is 0 Å². The highest BCUT2D eigenvalue weighted by Gasteiger charge is 2.34. The van der Waals surface area contributed by atoms with E-state index in [2.05, 4.69) is 16.8 Å². The number of methoxy groups -OCH3 is 1. The molecule has 2 aromatic rings. The summed E-state index contributed by atoms with van der Waals surface area (Å²) in [6.07, 6.45) is 0.809. The van der Waals surface area contributed by atoms with E-state index in [0.717, 1.165) is 18.5 Å². The zero-order valence-corrected chi connectivity index (χ0v) is 16.1. The lowest BCUT2D eigenvalue weighted by molar-refractivity contribution is -0.143. The van der Waals surface area contributed by atoms with Gasteiger partial charge in [0.15, 0.2) is 0 Å². The summed E-state index contributed by atoms with van der Waals surface area (Å²) in [6.45, 7) is 0.787. The molecule has 0 fully saturated rings. The highest BCUT2D eigenvalue weighted by Crippen LogP contribution is 2.33. The van der Waals surface area contributed by atoms with Crippen LogP contribution in [0.15, 0.2) is 35.7 Å². The van der Waals surface area contributed by atoms with Crippen LogP contribution in [0.5, 0.6) is 0 Å². The summed E-state index contributed by atoms with van der Waals surface area (Å²) < 4.78 is 36.6. The molecule has 7 nitrogen and oxygen atoms in total. The van der Waals surface area contributed by atoms with Crippen LogP contribution in [0.1, 0.15) is 21.9 Å². The lowest BCUT2D eigenvalue weighted by Crippen LogP contribution is -2.43. The molecule has 0 amide bonds. The van der Waals surface area contributed by atoms with E-state index in [1.807, 2.05) is 24.3 Å². The van der Waals surface area contributed by atoms with Gasteiger partial charge >= 0.3 is 16.4 Å². The van der Waals surface area contributed by atoms with Crippen LogP contribution in [-0.2, 0) is 32.9 Å². The Morgan fingerprint density at radius 3 is 2.62 bits per heavy atom. The SMILES string of the molecule is COC(=O)C(c1ccccc1Cl)[C@@H]1Cc2ccsc2CN1.O=S(=O)(O)O. The Morgan fingerprint density at radius 1 is 1.35 bits per heavy atom. The minimum Gasteiger partial charge on any atom is -0.469 e. The fourth-order valence-electron chi connectivity index (χ4n) is 2.83. The van der Waals surface area contributed by atoms with Crippen molar-refractivity contribution in [2.75, 3.05) is 7.11 Å². The molecule has 2 atom stereocenters. The molecule has 142 valence electrons. The summed E-state index contributed by atoms with van der Waals surface area (Å²) >= 11 is 8.03. The molecule has 1 aliphatic rings. The average Bonchev–Trinajstić information content (AvgIpc) is 3.03. The van der Waals surface area contributed by atoms with E-state index in [1.54, 1.807) is 11.3 Å². The van der Waals surface area contributed by atoms with Crippen LogP contribution in [0.3, 0.4) is 0 Å². The van der Waals surface area contributed by atoms with Gasteiger partial charge in [-0.25, -0.2) is 0 Å². The molecule has 0 saturated carbocycles. The van der Waals surface area contributed by atoms with E-state index in [0.29, 0.717) is 5.02 Å². The third-order valence-electron chi connectivity index (χ3n) is 3.90. The van der Waals surface area contributed by atoms with Gasteiger partial charge in [-0.05, 0) is 35.1 Å². The van der Waals surface area contributed by atoms with Gasteiger partial charge in [-0.2, -0.15) is 8.42 Å². The number of benzene rings is 1. The van der Waals surface area contributed by atoms with Crippen LogP contribution in [0.2, 0.25) is 5.02 Å². The molecule has 26 heavy (non-hydrogen) atoms. The number of halogens is 1. The molecular weight excluding hydrogens is 402 g/mol.